The molecule has 0 fully saturated rings. The first kappa shape index (κ1) is 14.1. The number of carbonyl (C=O) groups excluding carboxylic acids is 1. The van der Waals surface area contributed by atoms with Gasteiger partial charge in [-0.15, -0.1) is 11.6 Å². The molecule has 0 aliphatic heterocycles. The first-order valence-corrected chi connectivity index (χ1v) is 6.94. The van der Waals surface area contributed by atoms with Gasteiger partial charge in [0.25, 0.3) is 0 Å². The van der Waals surface area contributed by atoms with Crippen molar-refractivity contribution in [2.45, 2.75) is 5.52 Å². The smallest absolute Gasteiger partial charge is 0.331 e. The van der Waals surface area contributed by atoms with E-state index in [-0.39, 0.29) is 0 Å². The molecule has 5 N–H and O–H groups in total. The van der Waals surface area contributed by atoms with Gasteiger partial charge < -0.3 is 24.9 Å². The molecule has 0 aromatic carbocycles. The number of hydrogen-bond acceptors (Lipinski definition) is 3. The molecule has 8 nitrogen and oxygen atoms in total. The van der Waals surface area contributed by atoms with Gasteiger partial charge in [0.15, 0.2) is 0 Å². The molecule has 0 aliphatic rings. The van der Waals surface area contributed by atoms with Crippen molar-refractivity contribution in [2.75, 3.05) is 5.88 Å². The standard InChI is InChI=1S/C3H8ClNO7P2/c4-1-2(6)5-3(13(7,8)9)14(10,11)12/h3H,1H2,(H,5,6)(H2,7,8,9)(H2,10,11,12). The van der Waals surface area contributed by atoms with Crippen LogP contribution in [0.3, 0.4) is 0 Å². The SMILES string of the molecule is O=C(CCl)NC(P(=O)(O)O)P(=O)(O)O. The Morgan fingerprint density at radius 3 is 1.79 bits per heavy atom. The zero-order chi connectivity index (χ0) is 11.6. The summed E-state index contributed by atoms with van der Waals surface area (Å²) in [6, 6.07) is 0. The molecule has 0 aromatic heterocycles. The van der Waals surface area contributed by atoms with Crippen LogP contribution in [0, 0.1) is 0 Å². The van der Waals surface area contributed by atoms with E-state index in [1.165, 1.54) is 5.32 Å². The van der Waals surface area contributed by atoms with Crippen LogP contribution in [0.1, 0.15) is 0 Å². The Bertz CT molecular complexity index is 284. The predicted molar refractivity (Wildman–Crippen MR) is 46.7 cm³/mol. The van der Waals surface area contributed by atoms with E-state index in [1.807, 2.05) is 0 Å². The summed E-state index contributed by atoms with van der Waals surface area (Å²) < 4.78 is 21.1. The summed E-state index contributed by atoms with van der Waals surface area (Å²) in [4.78, 5) is 44.7. The molecule has 1 amide bonds. The fraction of sp³-hybridized carbons (Fsp3) is 0.667. The van der Waals surface area contributed by atoms with Crippen molar-refractivity contribution >= 4 is 32.7 Å². The molecule has 0 rings (SSSR count). The lowest BCUT2D eigenvalue weighted by Gasteiger charge is -2.19. The van der Waals surface area contributed by atoms with Crippen LogP contribution in [0.25, 0.3) is 0 Å². The average Bonchev–Trinajstić information content (AvgIpc) is 1.95. The molecule has 0 saturated carbocycles. The van der Waals surface area contributed by atoms with Crippen LogP contribution < -0.4 is 5.32 Å². The largest absolute Gasteiger partial charge is 0.360 e. The van der Waals surface area contributed by atoms with Gasteiger partial charge in [-0.1, -0.05) is 0 Å². The van der Waals surface area contributed by atoms with E-state index in [0.717, 1.165) is 0 Å². The van der Waals surface area contributed by atoms with Gasteiger partial charge in [0.1, 0.15) is 5.88 Å². The van der Waals surface area contributed by atoms with Crippen molar-refractivity contribution in [3.8, 4) is 0 Å². The van der Waals surface area contributed by atoms with Gasteiger partial charge in [-0.05, 0) is 0 Å². The number of alkyl halides is 1. The monoisotopic (exact) mass is 267 g/mol. The number of amides is 1. The number of hydrogen-bond donors (Lipinski definition) is 5. The third-order valence-corrected chi connectivity index (χ3v) is 4.63. The summed E-state index contributed by atoms with van der Waals surface area (Å²) in [5.74, 6) is -1.74. The van der Waals surface area contributed by atoms with Crippen molar-refractivity contribution < 1.29 is 33.5 Å². The maximum absolute atomic E-state index is 10.6. The predicted octanol–water partition coefficient (Wildman–Crippen LogP) is -1.02. The first-order valence-electron chi connectivity index (χ1n) is 3.05. The van der Waals surface area contributed by atoms with Crippen molar-refractivity contribution in [1.82, 2.24) is 5.32 Å². The minimum atomic E-state index is -5.12. The van der Waals surface area contributed by atoms with Crippen LogP contribution in [0.15, 0.2) is 0 Å². The molecule has 0 atom stereocenters. The molecule has 14 heavy (non-hydrogen) atoms. The van der Waals surface area contributed by atoms with Crippen molar-refractivity contribution in [3.05, 3.63) is 0 Å². The summed E-state index contributed by atoms with van der Waals surface area (Å²) in [5.41, 5.74) is -2.54. The topological polar surface area (TPSA) is 144 Å². The number of nitrogens with one attached hydrogen (secondary N) is 1. The second-order valence-corrected chi connectivity index (χ2v) is 6.32. The molecule has 0 aliphatic carbocycles. The molecule has 0 aromatic rings. The molecule has 11 heteroatoms. The normalized spacial score (nSPS) is 13.0. The zero-order valence-electron chi connectivity index (χ0n) is 6.57. The van der Waals surface area contributed by atoms with Crippen molar-refractivity contribution in [3.63, 3.8) is 0 Å². The Kier molecular flexibility index (Phi) is 4.74. The molecule has 0 unspecified atom stereocenters. The molecule has 84 valence electrons. The van der Waals surface area contributed by atoms with Gasteiger partial charge in [-0.25, -0.2) is 0 Å². The molecule has 0 bridgehead atoms. The molecular weight excluding hydrogens is 259 g/mol. The summed E-state index contributed by atoms with van der Waals surface area (Å²) in [7, 11) is -10.2. The zero-order valence-corrected chi connectivity index (χ0v) is 9.12. The first-order chi connectivity index (χ1) is 6.09. The van der Waals surface area contributed by atoms with Crippen LogP contribution in [-0.2, 0) is 13.9 Å². The molecule has 0 spiro atoms. The third-order valence-electron chi connectivity index (χ3n) is 1.05. The van der Waals surface area contributed by atoms with Crippen LogP contribution in [-0.4, -0.2) is 36.9 Å². The maximum Gasteiger partial charge on any atom is 0.360 e. The number of halogens is 1. The Morgan fingerprint density at radius 1 is 1.21 bits per heavy atom. The van der Waals surface area contributed by atoms with E-state index in [2.05, 4.69) is 0 Å². The fourth-order valence-electron chi connectivity index (χ4n) is 0.547. The van der Waals surface area contributed by atoms with E-state index >= 15 is 0 Å². The molecular formula is C3H8ClNO7P2. The quantitative estimate of drug-likeness (QED) is 0.324. The summed E-state index contributed by atoms with van der Waals surface area (Å²) in [5, 5.41) is 1.45. The third kappa shape index (κ3) is 4.52. The lowest BCUT2D eigenvalue weighted by atomic mass is 10.7. The average molecular weight is 267 g/mol. The Morgan fingerprint density at radius 2 is 1.57 bits per heavy atom. The molecule has 0 radical (unpaired) electrons. The lowest BCUT2D eigenvalue weighted by Crippen LogP contribution is -2.35. The highest BCUT2D eigenvalue weighted by atomic mass is 35.5. The lowest BCUT2D eigenvalue weighted by molar-refractivity contribution is -0.118. The van der Waals surface area contributed by atoms with Crippen LogP contribution in [0.4, 0.5) is 0 Å². The van der Waals surface area contributed by atoms with Crippen LogP contribution in [0.5, 0.6) is 0 Å². The minimum Gasteiger partial charge on any atom is -0.331 e. The minimum absolute atomic E-state index is 0.656. The van der Waals surface area contributed by atoms with Crippen molar-refractivity contribution in [2.24, 2.45) is 0 Å². The van der Waals surface area contributed by atoms with Gasteiger partial charge in [-0.2, -0.15) is 0 Å². The number of carbonyl (C=O) groups is 1. The highest BCUT2D eigenvalue weighted by Gasteiger charge is 2.44. The van der Waals surface area contributed by atoms with Crippen LogP contribution in [0.2, 0.25) is 0 Å². The Labute approximate surface area is 83.6 Å². The Balaban J connectivity index is 4.87. The van der Waals surface area contributed by atoms with E-state index < -0.39 is 32.5 Å². The van der Waals surface area contributed by atoms with Crippen LogP contribution >= 0.6 is 26.8 Å². The van der Waals surface area contributed by atoms with Gasteiger partial charge in [-0.3, -0.25) is 13.9 Å². The van der Waals surface area contributed by atoms with E-state index in [9.17, 15) is 13.9 Å². The van der Waals surface area contributed by atoms with E-state index in [4.69, 9.17) is 31.2 Å². The summed E-state index contributed by atoms with van der Waals surface area (Å²) >= 11 is 4.98. The van der Waals surface area contributed by atoms with Gasteiger partial charge in [0, 0.05) is 0 Å². The van der Waals surface area contributed by atoms with E-state index in [0.29, 0.717) is 0 Å². The fourth-order valence-corrected chi connectivity index (χ4v) is 2.82. The Hall–Kier alpha value is 0.0600. The van der Waals surface area contributed by atoms with Crippen molar-refractivity contribution in [1.29, 1.82) is 0 Å². The van der Waals surface area contributed by atoms with Gasteiger partial charge in [0.2, 0.25) is 11.4 Å². The van der Waals surface area contributed by atoms with Gasteiger partial charge in [0.05, 0.1) is 0 Å². The van der Waals surface area contributed by atoms with E-state index in [1.54, 1.807) is 0 Å². The molecule has 0 saturated heterocycles. The second-order valence-electron chi connectivity index (χ2n) is 2.25. The highest BCUT2D eigenvalue weighted by molar-refractivity contribution is 7.70. The summed E-state index contributed by atoms with van der Waals surface area (Å²) in [6.07, 6.45) is 0. The number of rotatable bonds is 4. The summed E-state index contributed by atoms with van der Waals surface area (Å²) in [6.45, 7) is 0. The maximum atomic E-state index is 10.6. The highest BCUT2D eigenvalue weighted by Crippen LogP contribution is 2.58. The molecule has 0 heterocycles. The van der Waals surface area contributed by atoms with Gasteiger partial charge >= 0.3 is 15.2 Å². The second kappa shape index (κ2) is 4.72.